The lowest BCUT2D eigenvalue weighted by Gasteiger charge is -2.31. The van der Waals surface area contributed by atoms with Crippen LogP contribution in [0.1, 0.15) is 13.3 Å². The van der Waals surface area contributed by atoms with Gasteiger partial charge >= 0.3 is 0 Å². The Morgan fingerprint density at radius 3 is 3.08 bits per heavy atom. The molecule has 1 rings (SSSR count). The summed E-state index contributed by atoms with van der Waals surface area (Å²) in [7, 11) is 0. The van der Waals surface area contributed by atoms with Crippen molar-refractivity contribution >= 4 is 17.2 Å². The van der Waals surface area contributed by atoms with E-state index in [0.29, 0.717) is 11.1 Å². The standard InChI is InChI=1S/C8H16N2OS/c1-2-7-5-10(3-4-11-7)6-8(9)12/h7H,2-6H2,1H3,(H2,9,12). The molecule has 0 spiro atoms. The molecule has 1 aliphatic rings. The Morgan fingerprint density at radius 2 is 2.50 bits per heavy atom. The Balaban J connectivity index is 2.30. The second-order valence-electron chi connectivity index (χ2n) is 3.10. The van der Waals surface area contributed by atoms with Gasteiger partial charge in [0.15, 0.2) is 0 Å². The van der Waals surface area contributed by atoms with Gasteiger partial charge in [-0.1, -0.05) is 19.1 Å². The van der Waals surface area contributed by atoms with Gasteiger partial charge in [-0.3, -0.25) is 4.90 Å². The van der Waals surface area contributed by atoms with E-state index < -0.39 is 0 Å². The largest absolute Gasteiger partial charge is 0.392 e. The maximum Gasteiger partial charge on any atom is 0.0870 e. The van der Waals surface area contributed by atoms with Gasteiger partial charge in [0.2, 0.25) is 0 Å². The van der Waals surface area contributed by atoms with E-state index in [1.807, 2.05) is 0 Å². The molecule has 0 bridgehead atoms. The molecule has 4 heteroatoms. The number of nitrogens with two attached hydrogens (primary N) is 1. The molecular weight excluding hydrogens is 172 g/mol. The van der Waals surface area contributed by atoms with Crippen LogP contribution < -0.4 is 5.73 Å². The van der Waals surface area contributed by atoms with Crippen molar-refractivity contribution < 1.29 is 4.74 Å². The van der Waals surface area contributed by atoms with E-state index in [4.69, 9.17) is 22.7 Å². The summed E-state index contributed by atoms with van der Waals surface area (Å²) in [6.45, 7) is 5.59. The van der Waals surface area contributed by atoms with Crippen molar-refractivity contribution in [1.82, 2.24) is 4.90 Å². The van der Waals surface area contributed by atoms with Crippen LogP contribution in [0.3, 0.4) is 0 Å². The molecule has 1 heterocycles. The lowest BCUT2D eigenvalue weighted by molar-refractivity contribution is -0.0242. The van der Waals surface area contributed by atoms with E-state index in [2.05, 4.69) is 11.8 Å². The second kappa shape index (κ2) is 4.74. The Morgan fingerprint density at radius 1 is 1.75 bits per heavy atom. The first kappa shape index (κ1) is 9.89. The molecule has 0 radical (unpaired) electrons. The second-order valence-corrected chi connectivity index (χ2v) is 3.63. The summed E-state index contributed by atoms with van der Waals surface area (Å²) in [6, 6.07) is 0. The fraction of sp³-hybridized carbons (Fsp3) is 0.875. The van der Waals surface area contributed by atoms with Crippen molar-refractivity contribution in [2.24, 2.45) is 5.73 Å². The average molecular weight is 188 g/mol. The first-order valence-corrected chi connectivity index (χ1v) is 4.75. The van der Waals surface area contributed by atoms with Gasteiger partial charge in [0.25, 0.3) is 0 Å². The first-order chi connectivity index (χ1) is 5.72. The highest BCUT2D eigenvalue weighted by molar-refractivity contribution is 7.80. The third-order valence-corrected chi connectivity index (χ3v) is 2.19. The van der Waals surface area contributed by atoms with Gasteiger partial charge in [-0.25, -0.2) is 0 Å². The summed E-state index contributed by atoms with van der Waals surface area (Å²) in [6.07, 6.45) is 1.43. The molecule has 12 heavy (non-hydrogen) atoms. The van der Waals surface area contributed by atoms with Crippen LogP contribution in [-0.4, -0.2) is 42.2 Å². The molecule has 1 aliphatic heterocycles. The van der Waals surface area contributed by atoms with Crippen LogP contribution in [0, 0.1) is 0 Å². The molecule has 1 saturated heterocycles. The molecule has 1 atom stereocenters. The van der Waals surface area contributed by atoms with Crippen LogP contribution in [-0.2, 0) is 4.74 Å². The predicted molar refractivity (Wildman–Crippen MR) is 53.3 cm³/mol. The third-order valence-electron chi connectivity index (χ3n) is 2.06. The predicted octanol–water partition coefficient (Wildman–Crippen LogP) is 0.383. The number of ether oxygens (including phenoxy) is 1. The summed E-state index contributed by atoms with van der Waals surface area (Å²) >= 11 is 4.85. The van der Waals surface area contributed by atoms with Gasteiger partial charge in [0.1, 0.15) is 0 Å². The number of hydrogen-bond acceptors (Lipinski definition) is 3. The molecule has 2 N–H and O–H groups in total. The molecule has 0 amide bonds. The van der Waals surface area contributed by atoms with Crippen LogP contribution in [0.4, 0.5) is 0 Å². The smallest absolute Gasteiger partial charge is 0.0870 e. The zero-order valence-electron chi connectivity index (χ0n) is 7.45. The van der Waals surface area contributed by atoms with Crippen molar-refractivity contribution in [3.63, 3.8) is 0 Å². The van der Waals surface area contributed by atoms with Gasteiger partial charge in [-0.2, -0.15) is 0 Å². The monoisotopic (exact) mass is 188 g/mol. The SMILES string of the molecule is CCC1CN(CC(N)=S)CCO1. The van der Waals surface area contributed by atoms with Crippen LogP contribution in [0.5, 0.6) is 0 Å². The molecule has 0 aromatic heterocycles. The van der Waals surface area contributed by atoms with Crippen LogP contribution >= 0.6 is 12.2 Å². The van der Waals surface area contributed by atoms with E-state index >= 15 is 0 Å². The maximum absolute atomic E-state index is 5.51. The lowest BCUT2D eigenvalue weighted by Crippen LogP contribution is -2.45. The fourth-order valence-electron chi connectivity index (χ4n) is 1.39. The Labute approximate surface area is 78.9 Å². The molecule has 3 nitrogen and oxygen atoms in total. The van der Waals surface area contributed by atoms with Crippen molar-refractivity contribution in [2.75, 3.05) is 26.2 Å². The van der Waals surface area contributed by atoms with Crippen molar-refractivity contribution in [3.05, 3.63) is 0 Å². The summed E-state index contributed by atoms with van der Waals surface area (Å²) in [5, 5.41) is 0. The molecule has 70 valence electrons. The van der Waals surface area contributed by atoms with E-state index in [1.165, 1.54) is 0 Å². The molecular formula is C8H16N2OS. The van der Waals surface area contributed by atoms with E-state index in [1.54, 1.807) is 0 Å². The number of rotatable bonds is 3. The highest BCUT2D eigenvalue weighted by Gasteiger charge is 2.18. The van der Waals surface area contributed by atoms with Crippen LogP contribution in [0.2, 0.25) is 0 Å². The number of morpholine rings is 1. The zero-order valence-corrected chi connectivity index (χ0v) is 8.27. The van der Waals surface area contributed by atoms with E-state index in [0.717, 1.165) is 32.7 Å². The highest BCUT2D eigenvalue weighted by Crippen LogP contribution is 2.07. The van der Waals surface area contributed by atoms with Gasteiger partial charge in [0, 0.05) is 19.6 Å². The summed E-state index contributed by atoms with van der Waals surface area (Å²) in [5.41, 5.74) is 5.46. The van der Waals surface area contributed by atoms with Crippen molar-refractivity contribution in [1.29, 1.82) is 0 Å². The Hall–Kier alpha value is -0.190. The normalized spacial score (nSPS) is 25.6. The van der Waals surface area contributed by atoms with Crippen LogP contribution in [0.25, 0.3) is 0 Å². The molecule has 1 unspecified atom stereocenters. The van der Waals surface area contributed by atoms with Crippen molar-refractivity contribution in [3.8, 4) is 0 Å². The minimum atomic E-state index is 0.369. The molecule has 0 aromatic rings. The highest BCUT2D eigenvalue weighted by atomic mass is 32.1. The quantitative estimate of drug-likeness (QED) is 0.650. The molecule has 0 aliphatic carbocycles. The maximum atomic E-state index is 5.51. The fourth-order valence-corrected chi connectivity index (χ4v) is 1.57. The van der Waals surface area contributed by atoms with Gasteiger partial charge < -0.3 is 10.5 Å². The van der Waals surface area contributed by atoms with E-state index in [-0.39, 0.29) is 0 Å². The minimum absolute atomic E-state index is 0.369. The number of nitrogens with zero attached hydrogens (tertiary/aromatic N) is 1. The average Bonchev–Trinajstić information content (AvgIpc) is 2.03. The third kappa shape index (κ3) is 3.05. The Kier molecular flexibility index (Phi) is 3.91. The molecule has 0 aromatic carbocycles. The van der Waals surface area contributed by atoms with Gasteiger partial charge in [-0.15, -0.1) is 0 Å². The van der Waals surface area contributed by atoms with E-state index in [9.17, 15) is 0 Å². The minimum Gasteiger partial charge on any atom is -0.392 e. The summed E-state index contributed by atoms with van der Waals surface area (Å²) in [5.74, 6) is 0. The van der Waals surface area contributed by atoms with Crippen molar-refractivity contribution in [2.45, 2.75) is 19.4 Å². The first-order valence-electron chi connectivity index (χ1n) is 4.34. The summed E-state index contributed by atoms with van der Waals surface area (Å²) < 4.78 is 5.51. The van der Waals surface area contributed by atoms with Crippen LogP contribution in [0.15, 0.2) is 0 Å². The lowest BCUT2D eigenvalue weighted by atomic mass is 10.2. The number of thiocarbonyl (C=S) groups is 1. The summed E-state index contributed by atoms with van der Waals surface area (Å²) in [4.78, 5) is 2.83. The topological polar surface area (TPSA) is 38.5 Å². The molecule has 0 saturated carbocycles. The Bertz CT molecular complexity index is 163. The zero-order chi connectivity index (χ0) is 8.97. The van der Waals surface area contributed by atoms with Gasteiger partial charge in [0.05, 0.1) is 17.7 Å². The van der Waals surface area contributed by atoms with Gasteiger partial charge in [-0.05, 0) is 6.42 Å². The molecule has 1 fully saturated rings. The number of hydrogen-bond donors (Lipinski definition) is 1.